The number of anilines is 2. The maximum atomic E-state index is 14.4. The molecule has 33 heavy (non-hydrogen) atoms. The van der Waals surface area contributed by atoms with E-state index in [1.807, 2.05) is 0 Å². The predicted octanol–water partition coefficient (Wildman–Crippen LogP) is 5.28. The van der Waals surface area contributed by atoms with E-state index in [-0.39, 0.29) is 5.69 Å². The van der Waals surface area contributed by atoms with Crippen LogP contribution in [0.3, 0.4) is 0 Å². The Kier molecular flexibility index (Phi) is 5.97. The topological polar surface area (TPSA) is 59.5 Å². The highest BCUT2D eigenvalue weighted by molar-refractivity contribution is 6.31. The molecule has 5 rings (SSSR count). The Morgan fingerprint density at radius 3 is 2.61 bits per heavy atom. The third kappa shape index (κ3) is 4.29. The van der Waals surface area contributed by atoms with Crippen molar-refractivity contribution >= 4 is 34.0 Å². The van der Waals surface area contributed by atoms with Crippen LogP contribution in [0.15, 0.2) is 30.6 Å². The van der Waals surface area contributed by atoms with Crippen molar-refractivity contribution in [1.29, 1.82) is 0 Å². The van der Waals surface area contributed by atoms with Crippen molar-refractivity contribution in [2.75, 3.05) is 39.2 Å². The van der Waals surface area contributed by atoms with Crippen LogP contribution in [0.25, 0.3) is 10.9 Å². The first-order chi connectivity index (χ1) is 15.9. The van der Waals surface area contributed by atoms with Crippen LogP contribution < -0.4 is 14.8 Å². The van der Waals surface area contributed by atoms with E-state index in [0.29, 0.717) is 40.7 Å². The number of likely N-dealkylation sites (tertiary alicyclic amines) is 1. The largest absolute Gasteiger partial charge is 0.493 e. The molecule has 2 unspecified atom stereocenters. The summed E-state index contributed by atoms with van der Waals surface area (Å²) in [6, 6.07) is 5.93. The molecule has 3 aromatic rings. The van der Waals surface area contributed by atoms with Gasteiger partial charge in [-0.2, -0.15) is 0 Å². The molecule has 0 radical (unpaired) electrons. The highest BCUT2D eigenvalue weighted by Crippen LogP contribution is 2.42. The molecule has 6 nitrogen and oxygen atoms in total. The zero-order valence-corrected chi connectivity index (χ0v) is 19.2. The van der Waals surface area contributed by atoms with Gasteiger partial charge in [0.2, 0.25) is 0 Å². The summed E-state index contributed by atoms with van der Waals surface area (Å²) in [5.74, 6) is 1.85. The number of fused-ring (bicyclic) bond motifs is 2. The number of nitrogens with zero attached hydrogens (tertiary/aromatic N) is 3. The predicted molar refractivity (Wildman–Crippen MR) is 123 cm³/mol. The van der Waals surface area contributed by atoms with E-state index < -0.39 is 16.7 Å². The van der Waals surface area contributed by atoms with Crippen molar-refractivity contribution < 1.29 is 18.3 Å². The summed E-state index contributed by atoms with van der Waals surface area (Å²) in [4.78, 5) is 11.0. The molecule has 9 heteroatoms. The molecule has 1 saturated heterocycles. The fourth-order valence-corrected chi connectivity index (χ4v) is 5.35. The summed E-state index contributed by atoms with van der Waals surface area (Å²) >= 11 is 5.70. The van der Waals surface area contributed by atoms with Gasteiger partial charge in [0.05, 0.1) is 24.9 Å². The third-order valence-electron chi connectivity index (χ3n) is 6.71. The van der Waals surface area contributed by atoms with Crippen molar-refractivity contribution in [2.24, 2.45) is 17.8 Å². The van der Waals surface area contributed by atoms with E-state index in [0.717, 1.165) is 17.9 Å². The van der Waals surface area contributed by atoms with Gasteiger partial charge >= 0.3 is 0 Å². The highest BCUT2D eigenvalue weighted by atomic mass is 35.5. The van der Waals surface area contributed by atoms with Crippen LogP contribution in [0.5, 0.6) is 11.5 Å². The van der Waals surface area contributed by atoms with Gasteiger partial charge in [0.1, 0.15) is 23.0 Å². The summed E-state index contributed by atoms with van der Waals surface area (Å²) in [6.45, 7) is 2.98. The first kappa shape index (κ1) is 22.1. The number of aromatic nitrogens is 2. The molecule has 0 spiro atoms. The lowest BCUT2D eigenvalue weighted by atomic mass is 10.0. The number of methoxy groups -OCH3 is 1. The van der Waals surface area contributed by atoms with E-state index in [1.54, 1.807) is 19.2 Å². The minimum Gasteiger partial charge on any atom is -0.493 e. The first-order valence-corrected chi connectivity index (χ1v) is 11.3. The maximum Gasteiger partial charge on any atom is 0.168 e. The van der Waals surface area contributed by atoms with Gasteiger partial charge in [-0.05, 0) is 55.8 Å². The van der Waals surface area contributed by atoms with Crippen LogP contribution in [0.1, 0.15) is 12.8 Å². The van der Waals surface area contributed by atoms with E-state index in [9.17, 15) is 8.78 Å². The monoisotopic (exact) mass is 474 g/mol. The van der Waals surface area contributed by atoms with Crippen LogP contribution in [-0.2, 0) is 0 Å². The van der Waals surface area contributed by atoms with E-state index in [2.05, 4.69) is 27.2 Å². The second-order valence-electron chi connectivity index (χ2n) is 8.98. The normalized spacial score (nSPS) is 22.5. The average Bonchev–Trinajstić information content (AvgIpc) is 3.34. The number of ether oxygens (including phenoxy) is 2. The summed E-state index contributed by atoms with van der Waals surface area (Å²) in [5, 5.41) is 2.92. The Balaban J connectivity index is 1.37. The molecule has 0 amide bonds. The quantitative estimate of drug-likeness (QED) is 0.490. The molecule has 1 N–H and O–H groups in total. The van der Waals surface area contributed by atoms with Crippen LogP contribution in [-0.4, -0.2) is 48.7 Å². The number of benzene rings is 2. The van der Waals surface area contributed by atoms with Gasteiger partial charge in [0.25, 0.3) is 0 Å². The second-order valence-corrected chi connectivity index (χ2v) is 9.36. The van der Waals surface area contributed by atoms with Gasteiger partial charge < -0.3 is 19.7 Å². The van der Waals surface area contributed by atoms with Gasteiger partial charge in [0, 0.05) is 24.5 Å². The Bertz CT molecular complexity index is 1180. The molecule has 2 aliphatic rings. The van der Waals surface area contributed by atoms with Crippen molar-refractivity contribution in [2.45, 2.75) is 12.8 Å². The summed E-state index contributed by atoms with van der Waals surface area (Å²) < 4.78 is 39.6. The first-order valence-electron chi connectivity index (χ1n) is 11.0. The number of rotatable bonds is 6. The molecule has 2 atom stereocenters. The minimum atomic E-state index is -0.886. The third-order valence-corrected chi connectivity index (χ3v) is 7.06. The lowest BCUT2D eigenvalue weighted by molar-refractivity contribution is 0.227. The Labute approximate surface area is 195 Å². The van der Waals surface area contributed by atoms with Gasteiger partial charge in [-0.3, -0.25) is 0 Å². The summed E-state index contributed by atoms with van der Waals surface area (Å²) in [7, 11) is 3.76. The van der Waals surface area contributed by atoms with Crippen molar-refractivity contribution in [3.63, 3.8) is 0 Å². The van der Waals surface area contributed by atoms with Crippen LogP contribution >= 0.6 is 11.6 Å². The molecule has 174 valence electrons. The van der Waals surface area contributed by atoms with Gasteiger partial charge in [-0.15, -0.1) is 0 Å². The second kappa shape index (κ2) is 8.91. The molecular weight excluding hydrogens is 450 g/mol. The Morgan fingerprint density at radius 2 is 1.88 bits per heavy atom. The fraction of sp³-hybridized carbons (Fsp3) is 0.417. The van der Waals surface area contributed by atoms with Gasteiger partial charge in [-0.1, -0.05) is 11.6 Å². The van der Waals surface area contributed by atoms with Crippen molar-refractivity contribution in [1.82, 2.24) is 14.9 Å². The molecular formula is C24H25ClF2N4O2. The maximum absolute atomic E-state index is 14.4. The lowest BCUT2D eigenvalue weighted by Gasteiger charge is -2.17. The van der Waals surface area contributed by atoms with Gasteiger partial charge in [-0.25, -0.2) is 18.7 Å². The molecule has 2 aromatic carbocycles. The standard InChI is InChI=1S/C24H25ClF2N4O2/c1-31-9-14-5-13(6-15(14)10-31)11-33-21-8-19-16(7-20(21)32-2)24(29-12-28-19)30-18-4-3-17(26)22(25)23(18)27/h3-4,7-8,12-15H,5-6,9-11H2,1-2H3,(H,28,29,30). The molecule has 1 aromatic heterocycles. The molecule has 2 heterocycles. The SMILES string of the molecule is COc1cc2c(Nc3ccc(F)c(Cl)c3F)ncnc2cc1OCC1CC2CN(C)CC2C1. The molecule has 2 fully saturated rings. The van der Waals surface area contributed by atoms with E-state index >= 15 is 0 Å². The van der Waals surface area contributed by atoms with Crippen molar-refractivity contribution in [3.05, 3.63) is 47.2 Å². The smallest absolute Gasteiger partial charge is 0.168 e. The molecule has 1 aliphatic carbocycles. The van der Waals surface area contributed by atoms with E-state index in [1.165, 1.54) is 38.3 Å². The summed E-state index contributed by atoms with van der Waals surface area (Å²) in [6.07, 6.45) is 3.75. The number of nitrogens with one attached hydrogen (secondary N) is 1. The zero-order valence-electron chi connectivity index (χ0n) is 18.4. The minimum absolute atomic E-state index is 0.0121. The van der Waals surface area contributed by atoms with Crippen LogP contribution in [0.2, 0.25) is 5.02 Å². The van der Waals surface area contributed by atoms with E-state index in [4.69, 9.17) is 21.1 Å². The van der Waals surface area contributed by atoms with Crippen LogP contribution in [0, 0.1) is 29.4 Å². The highest BCUT2D eigenvalue weighted by Gasteiger charge is 2.39. The Morgan fingerprint density at radius 1 is 1.12 bits per heavy atom. The van der Waals surface area contributed by atoms with Crippen LogP contribution in [0.4, 0.5) is 20.3 Å². The number of halogens is 3. The average molecular weight is 475 g/mol. The number of hydrogen-bond acceptors (Lipinski definition) is 6. The molecule has 1 aliphatic heterocycles. The molecule has 1 saturated carbocycles. The van der Waals surface area contributed by atoms with Crippen molar-refractivity contribution in [3.8, 4) is 11.5 Å². The fourth-order valence-electron chi connectivity index (χ4n) is 5.19. The number of hydrogen-bond donors (Lipinski definition) is 1. The van der Waals surface area contributed by atoms with Gasteiger partial charge in [0.15, 0.2) is 17.3 Å². The molecule has 0 bridgehead atoms. The lowest BCUT2D eigenvalue weighted by Crippen LogP contribution is -2.18. The summed E-state index contributed by atoms with van der Waals surface area (Å²) in [5.41, 5.74) is 0.625. The zero-order chi connectivity index (χ0) is 23.1. The Hall–Kier alpha value is -2.71.